The summed E-state index contributed by atoms with van der Waals surface area (Å²) >= 11 is 6.11. The van der Waals surface area contributed by atoms with E-state index in [4.69, 9.17) is 20.8 Å². The highest BCUT2D eigenvalue weighted by Crippen LogP contribution is 2.26. The molecule has 3 rings (SSSR count). The molecule has 0 bridgehead atoms. The van der Waals surface area contributed by atoms with Gasteiger partial charge in [-0.15, -0.1) is 0 Å². The van der Waals surface area contributed by atoms with Gasteiger partial charge in [-0.05, 0) is 36.8 Å². The molecule has 0 saturated heterocycles. The first-order valence-electron chi connectivity index (χ1n) is 9.67. The van der Waals surface area contributed by atoms with E-state index in [0.29, 0.717) is 16.5 Å². The predicted octanol–water partition coefficient (Wildman–Crippen LogP) is 4.14. The van der Waals surface area contributed by atoms with Gasteiger partial charge in [0.1, 0.15) is 17.1 Å². The fourth-order valence-electron chi connectivity index (χ4n) is 3.21. The zero-order valence-corrected chi connectivity index (χ0v) is 18.9. The van der Waals surface area contributed by atoms with Crippen LogP contribution in [0.15, 0.2) is 56.6 Å². The molecule has 0 aliphatic carbocycles. The molecule has 0 unspecified atom stereocenters. The standard InChI is InChI=1S/C22H22ClNO6S/c1-4-24(5-2)31(27,28)20-11-15(7-9-18(20)23)22(26)29-13-16-12-21(25)30-19-10-14(3)6-8-17(16)19/h6-12H,4-5,13H2,1-3H3. The maximum atomic E-state index is 12.8. The number of hydrogen-bond acceptors (Lipinski definition) is 6. The summed E-state index contributed by atoms with van der Waals surface area (Å²) in [4.78, 5) is 24.3. The molecule has 164 valence electrons. The van der Waals surface area contributed by atoms with Crippen LogP contribution in [0, 0.1) is 6.92 Å². The van der Waals surface area contributed by atoms with Gasteiger partial charge in [-0.1, -0.05) is 37.6 Å². The highest BCUT2D eigenvalue weighted by Gasteiger charge is 2.26. The molecule has 0 fully saturated rings. The third-order valence-corrected chi connectivity index (χ3v) is 7.37. The van der Waals surface area contributed by atoms with Crippen LogP contribution in [-0.4, -0.2) is 31.8 Å². The van der Waals surface area contributed by atoms with Crippen molar-refractivity contribution in [2.75, 3.05) is 13.1 Å². The second-order valence-electron chi connectivity index (χ2n) is 6.90. The third-order valence-electron chi connectivity index (χ3n) is 4.83. The fraction of sp³-hybridized carbons (Fsp3) is 0.273. The number of hydrogen-bond donors (Lipinski definition) is 0. The number of carbonyl (C=O) groups excluding carboxylic acids is 1. The summed E-state index contributed by atoms with van der Waals surface area (Å²) in [5, 5.41) is 0.671. The molecule has 1 aromatic heterocycles. The van der Waals surface area contributed by atoms with E-state index >= 15 is 0 Å². The Labute approximate surface area is 185 Å². The van der Waals surface area contributed by atoms with Gasteiger partial charge in [-0.2, -0.15) is 4.31 Å². The van der Waals surface area contributed by atoms with E-state index in [2.05, 4.69) is 0 Å². The minimum absolute atomic E-state index is 0.0190. The number of carbonyl (C=O) groups is 1. The first-order valence-corrected chi connectivity index (χ1v) is 11.5. The summed E-state index contributed by atoms with van der Waals surface area (Å²) in [5.41, 5.74) is 1.30. The largest absolute Gasteiger partial charge is 0.457 e. The van der Waals surface area contributed by atoms with Gasteiger partial charge < -0.3 is 9.15 Å². The Morgan fingerprint density at radius 1 is 1.10 bits per heavy atom. The third kappa shape index (κ3) is 4.81. The first-order chi connectivity index (χ1) is 14.7. The van der Waals surface area contributed by atoms with Crippen molar-refractivity contribution in [3.05, 3.63) is 74.6 Å². The van der Waals surface area contributed by atoms with Crippen LogP contribution in [0.25, 0.3) is 11.0 Å². The van der Waals surface area contributed by atoms with Crippen LogP contribution < -0.4 is 5.63 Å². The SMILES string of the molecule is CCN(CC)S(=O)(=O)c1cc(C(=O)OCc2cc(=O)oc3cc(C)ccc23)ccc1Cl. The van der Waals surface area contributed by atoms with Crippen LogP contribution in [0.1, 0.15) is 35.3 Å². The zero-order chi connectivity index (χ0) is 22.8. The number of ether oxygens (including phenoxy) is 1. The topological polar surface area (TPSA) is 93.9 Å². The average Bonchev–Trinajstić information content (AvgIpc) is 2.72. The summed E-state index contributed by atoms with van der Waals surface area (Å²) in [7, 11) is -3.85. The van der Waals surface area contributed by atoms with Crippen molar-refractivity contribution in [2.24, 2.45) is 0 Å². The quantitative estimate of drug-likeness (QED) is 0.386. The normalized spacial score (nSPS) is 11.8. The minimum Gasteiger partial charge on any atom is -0.457 e. The number of fused-ring (bicyclic) bond motifs is 1. The number of sulfonamides is 1. The smallest absolute Gasteiger partial charge is 0.338 e. The molecule has 0 aliphatic heterocycles. The lowest BCUT2D eigenvalue weighted by Gasteiger charge is -2.19. The molecule has 7 nitrogen and oxygen atoms in total. The Bertz CT molecular complexity index is 1300. The van der Waals surface area contributed by atoms with Crippen LogP contribution in [-0.2, 0) is 21.4 Å². The lowest BCUT2D eigenvalue weighted by atomic mass is 10.1. The molecule has 3 aromatic rings. The molecule has 1 heterocycles. The van der Waals surface area contributed by atoms with Crippen LogP contribution in [0.5, 0.6) is 0 Å². The van der Waals surface area contributed by atoms with Gasteiger partial charge >= 0.3 is 11.6 Å². The highest BCUT2D eigenvalue weighted by molar-refractivity contribution is 7.89. The van der Waals surface area contributed by atoms with Gasteiger partial charge in [0.25, 0.3) is 0 Å². The molecule has 31 heavy (non-hydrogen) atoms. The van der Waals surface area contributed by atoms with Gasteiger partial charge in [0, 0.05) is 30.1 Å². The summed E-state index contributed by atoms with van der Waals surface area (Å²) < 4.78 is 37.5. The second kappa shape index (κ2) is 9.21. The van der Waals surface area contributed by atoms with E-state index in [0.717, 1.165) is 5.56 Å². The van der Waals surface area contributed by atoms with Crippen LogP contribution in [0.3, 0.4) is 0 Å². The average molecular weight is 464 g/mol. The summed E-state index contributed by atoms with van der Waals surface area (Å²) in [6, 6.07) is 10.6. The molecular formula is C22H22ClNO6S. The fourth-order valence-corrected chi connectivity index (χ4v) is 5.17. The number of aryl methyl sites for hydroxylation is 1. The van der Waals surface area contributed by atoms with E-state index in [-0.39, 0.29) is 35.2 Å². The van der Waals surface area contributed by atoms with Gasteiger partial charge in [0.15, 0.2) is 0 Å². The number of halogens is 1. The molecular weight excluding hydrogens is 442 g/mol. The lowest BCUT2D eigenvalue weighted by Crippen LogP contribution is -2.31. The van der Waals surface area contributed by atoms with Crippen molar-refractivity contribution < 1.29 is 22.4 Å². The van der Waals surface area contributed by atoms with E-state index < -0.39 is 21.6 Å². The Morgan fingerprint density at radius 3 is 2.48 bits per heavy atom. The molecule has 0 atom stereocenters. The van der Waals surface area contributed by atoms with Crippen molar-refractivity contribution in [2.45, 2.75) is 32.3 Å². The van der Waals surface area contributed by atoms with Gasteiger partial charge in [-0.25, -0.2) is 18.0 Å². The number of esters is 1. The van der Waals surface area contributed by atoms with Crippen LogP contribution in [0.2, 0.25) is 5.02 Å². The van der Waals surface area contributed by atoms with Crippen LogP contribution in [0.4, 0.5) is 0 Å². The van der Waals surface area contributed by atoms with Gasteiger partial charge in [-0.3, -0.25) is 0 Å². The Morgan fingerprint density at radius 2 is 1.81 bits per heavy atom. The predicted molar refractivity (Wildman–Crippen MR) is 118 cm³/mol. The van der Waals surface area contributed by atoms with Crippen molar-refractivity contribution in [3.63, 3.8) is 0 Å². The Kier molecular flexibility index (Phi) is 6.83. The first kappa shape index (κ1) is 23.0. The number of nitrogens with zero attached hydrogens (tertiary/aromatic N) is 1. The van der Waals surface area contributed by atoms with Crippen molar-refractivity contribution in [1.82, 2.24) is 4.31 Å². The monoisotopic (exact) mass is 463 g/mol. The Hall–Kier alpha value is -2.68. The molecule has 9 heteroatoms. The minimum atomic E-state index is -3.85. The van der Waals surface area contributed by atoms with Crippen molar-refractivity contribution in [1.29, 1.82) is 0 Å². The summed E-state index contributed by atoms with van der Waals surface area (Å²) in [5.74, 6) is -0.735. The molecule has 0 N–H and O–H groups in total. The second-order valence-corrected chi connectivity index (χ2v) is 9.21. The van der Waals surface area contributed by atoms with Gasteiger partial charge in [0.05, 0.1) is 10.6 Å². The number of rotatable bonds is 7. The molecule has 0 spiro atoms. The molecule has 0 saturated carbocycles. The number of benzene rings is 2. The molecule has 2 aromatic carbocycles. The summed E-state index contributed by atoms with van der Waals surface area (Å²) in [6.45, 7) is 5.67. The van der Waals surface area contributed by atoms with Crippen LogP contribution >= 0.6 is 11.6 Å². The zero-order valence-electron chi connectivity index (χ0n) is 17.3. The van der Waals surface area contributed by atoms with E-state index in [1.54, 1.807) is 26.0 Å². The summed E-state index contributed by atoms with van der Waals surface area (Å²) in [6.07, 6.45) is 0. The Balaban J connectivity index is 1.89. The maximum Gasteiger partial charge on any atom is 0.338 e. The van der Waals surface area contributed by atoms with E-state index in [1.165, 1.54) is 28.6 Å². The lowest BCUT2D eigenvalue weighted by molar-refractivity contribution is 0.0473. The maximum absolute atomic E-state index is 12.8. The van der Waals surface area contributed by atoms with Crippen molar-refractivity contribution >= 4 is 38.6 Å². The molecule has 0 amide bonds. The molecule has 0 radical (unpaired) electrons. The van der Waals surface area contributed by atoms with Crippen molar-refractivity contribution in [3.8, 4) is 0 Å². The molecule has 0 aliphatic rings. The van der Waals surface area contributed by atoms with Gasteiger partial charge in [0.2, 0.25) is 10.0 Å². The van der Waals surface area contributed by atoms with E-state index in [1.807, 2.05) is 13.0 Å². The van der Waals surface area contributed by atoms with E-state index in [9.17, 15) is 18.0 Å². The highest BCUT2D eigenvalue weighted by atomic mass is 35.5.